The quantitative estimate of drug-likeness (QED) is 0.780. The fourth-order valence-electron chi connectivity index (χ4n) is 2.11. The van der Waals surface area contributed by atoms with Crippen molar-refractivity contribution in [3.8, 4) is 17.2 Å². The number of ether oxygens (including phenoxy) is 3. The van der Waals surface area contributed by atoms with E-state index < -0.39 is 0 Å². The number of thiocarbonyl (C=S) groups is 1. The van der Waals surface area contributed by atoms with Crippen LogP contribution >= 0.6 is 12.2 Å². The van der Waals surface area contributed by atoms with Gasteiger partial charge in [0.25, 0.3) is 0 Å². The molecule has 0 spiro atoms. The van der Waals surface area contributed by atoms with Crippen LogP contribution in [0.3, 0.4) is 0 Å². The van der Waals surface area contributed by atoms with Crippen LogP contribution in [0.2, 0.25) is 0 Å². The van der Waals surface area contributed by atoms with Gasteiger partial charge in [-0.05, 0) is 29.9 Å². The second-order valence-electron chi connectivity index (χ2n) is 4.85. The monoisotopic (exact) mass is 350 g/mol. The van der Waals surface area contributed by atoms with Gasteiger partial charge >= 0.3 is 0 Å². The van der Waals surface area contributed by atoms with Crippen molar-refractivity contribution in [1.29, 1.82) is 0 Å². The van der Waals surface area contributed by atoms with Gasteiger partial charge in [-0.2, -0.15) is 0 Å². The Morgan fingerprint density at radius 2 is 1.58 bits per heavy atom. The number of halogens is 1. The van der Waals surface area contributed by atoms with Crippen LogP contribution in [0.15, 0.2) is 36.4 Å². The highest BCUT2D eigenvalue weighted by Crippen LogP contribution is 2.39. The summed E-state index contributed by atoms with van der Waals surface area (Å²) in [5.74, 6) is 1.30. The van der Waals surface area contributed by atoms with Gasteiger partial charge in [-0.25, -0.2) is 4.39 Å². The summed E-state index contributed by atoms with van der Waals surface area (Å²) in [6.45, 7) is 0.483. The number of benzene rings is 2. The fraction of sp³-hybridized carbons (Fsp3) is 0.235. The molecule has 0 amide bonds. The average molecular weight is 350 g/mol. The van der Waals surface area contributed by atoms with Gasteiger partial charge in [-0.1, -0.05) is 12.1 Å². The Hall–Kier alpha value is -2.54. The van der Waals surface area contributed by atoms with Gasteiger partial charge in [-0.15, -0.1) is 0 Å². The van der Waals surface area contributed by atoms with E-state index in [9.17, 15) is 4.39 Å². The molecule has 2 rings (SSSR count). The zero-order valence-electron chi connectivity index (χ0n) is 13.7. The maximum absolute atomic E-state index is 12.9. The number of methoxy groups -OCH3 is 3. The smallest absolute Gasteiger partial charge is 0.203 e. The minimum absolute atomic E-state index is 0.267. The SMILES string of the molecule is COc1cc(NC(=S)NCc2ccc(F)cc2)cc(OC)c1OC. The lowest BCUT2D eigenvalue weighted by Gasteiger charge is -2.16. The Kier molecular flexibility index (Phi) is 6.20. The molecule has 0 atom stereocenters. The molecule has 128 valence electrons. The van der Waals surface area contributed by atoms with E-state index >= 15 is 0 Å². The third kappa shape index (κ3) is 4.48. The van der Waals surface area contributed by atoms with Crippen molar-refractivity contribution in [3.05, 3.63) is 47.8 Å². The highest BCUT2D eigenvalue weighted by atomic mass is 32.1. The second-order valence-corrected chi connectivity index (χ2v) is 5.26. The number of hydrogen-bond acceptors (Lipinski definition) is 4. The molecule has 0 saturated heterocycles. The molecule has 0 bridgehead atoms. The van der Waals surface area contributed by atoms with E-state index in [1.807, 2.05) is 0 Å². The Labute approximate surface area is 145 Å². The summed E-state index contributed by atoms with van der Waals surface area (Å²) in [7, 11) is 4.64. The highest BCUT2D eigenvalue weighted by Gasteiger charge is 2.13. The van der Waals surface area contributed by atoms with Crippen LogP contribution in [-0.2, 0) is 6.54 Å². The molecular formula is C17H19FN2O3S. The van der Waals surface area contributed by atoms with Crippen LogP contribution in [0.5, 0.6) is 17.2 Å². The van der Waals surface area contributed by atoms with E-state index in [0.717, 1.165) is 5.56 Å². The van der Waals surface area contributed by atoms with Crippen molar-refractivity contribution in [1.82, 2.24) is 5.32 Å². The molecule has 7 heteroatoms. The largest absolute Gasteiger partial charge is 0.493 e. The molecule has 0 aliphatic carbocycles. The van der Waals surface area contributed by atoms with Crippen LogP contribution in [-0.4, -0.2) is 26.4 Å². The van der Waals surface area contributed by atoms with Gasteiger partial charge in [-0.3, -0.25) is 0 Å². The zero-order chi connectivity index (χ0) is 17.5. The first-order valence-corrected chi connectivity index (χ1v) is 7.57. The summed E-state index contributed by atoms with van der Waals surface area (Å²) >= 11 is 5.27. The van der Waals surface area contributed by atoms with Gasteiger partial charge in [0.2, 0.25) is 5.75 Å². The lowest BCUT2D eigenvalue weighted by Crippen LogP contribution is -2.27. The summed E-state index contributed by atoms with van der Waals surface area (Å²) in [5.41, 5.74) is 1.62. The normalized spacial score (nSPS) is 10.0. The molecule has 0 saturated carbocycles. The van der Waals surface area contributed by atoms with Gasteiger partial charge < -0.3 is 24.8 Å². The molecule has 0 aromatic heterocycles. The van der Waals surface area contributed by atoms with Gasteiger partial charge in [0.05, 0.1) is 21.3 Å². The zero-order valence-corrected chi connectivity index (χ0v) is 14.5. The van der Waals surface area contributed by atoms with Crippen LogP contribution in [0, 0.1) is 5.82 Å². The summed E-state index contributed by atoms with van der Waals surface area (Å²) in [6.07, 6.45) is 0. The number of anilines is 1. The van der Waals surface area contributed by atoms with Crippen LogP contribution < -0.4 is 24.8 Å². The van der Waals surface area contributed by atoms with Gasteiger partial charge in [0, 0.05) is 24.4 Å². The molecule has 24 heavy (non-hydrogen) atoms. The summed E-state index contributed by atoms with van der Waals surface area (Å²) < 4.78 is 28.8. The molecule has 0 radical (unpaired) electrons. The van der Waals surface area contributed by atoms with E-state index in [4.69, 9.17) is 26.4 Å². The second kappa shape index (κ2) is 8.35. The Balaban J connectivity index is 2.04. The molecule has 2 N–H and O–H groups in total. The van der Waals surface area contributed by atoms with Crippen molar-refractivity contribution in [2.45, 2.75) is 6.54 Å². The van der Waals surface area contributed by atoms with E-state index in [1.54, 1.807) is 45.6 Å². The first kappa shape index (κ1) is 17.8. The van der Waals surface area contributed by atoms with Crippen molar-refractivity contribution in [2.75, 3.05) is 26.6 Å². The highest BCUT2D eigenvalue weighted by molar-refractivity contribution is 7.80. The third-order valence-corrected chi connectivity index (χ3v) is 3.54. The molecule has 2 aromatic rings. The summed E-state index contributed by atoms with van der Waals surface area (Å²) in [6, 6.07) is 9.73. The maximum Gasteiger partial charge on any atom is 0.203 e. The van der Waals surface area contributed by atoms with Crippen LogP contribution in [0.25, 0.3) is 0 Å². The van der Waals surface area contributed by atoms with E-state index in [1.165, 1.54) is 12.1 Å². The minimum atomic E-state index is -0.267. The molecule has 0 fully saturated rings. The Morgan fingerprint density at radius 3 is 2.08 bits per heavy atom. The first-order chi connectivity index (χ1) is 11.6. The van der Waals surface area contributed by atoms with Crippen LogP contribution in [0.4, 0.5) is 10.1 Å². The predicted octanol–water partition coefficient (Wildman–Crippen LogP) is 3.34. The maximum atomic E-state index is 12.9. The minimum Gasteiger partial charge on any atom is -0.493 e. The average Bonchev–Trinajstić information content (AvgIpc) is 2.60. The predicted molar refractivity (Wildman–Crippen MR) is 95.6 cm³/mol. The molecule has 0 heterocycles. The Bertz CT molecular complexity index is 682. The van der Waals surface area contributed by atoms with E-state index in [2.05, 4.69) is 10.6 Å². The number of hydrogen-bond donors (Lipinski definition) is 2. The summed E-state index contributed by atoms with van der Waals surface area (Å²) in [5, 5.41) is 6.54. The molecular weight excluding hydrogens is 331 g/mol. The molecule has 0 aliphatic rings. The first-order valence-electron chi connectivity index (χ1n) is 7.16. The fourth-order valence-corrected chi connectivity index (χ4v) is 2.30. The summed E-state index contributed by atoms with van der Waals surface area (Å²) in [4.78, 5) is 0. The van der Waals surface area contributed by atoms with E-state index in [-0.39, 0.29) is 5.82 Å². The molecule has 0 unspecified atom stereocenters. The standard InChI is InChI=1S/C17H19FN2O3S/c1-21-14-8-13(9-15(22-2)16(14)23-3)20-17(24)19-10-11-4-6-12(18)7-5-11/h4-9H,10H2,1-3H3,(H2,19,20,24). The Morgan fingerprint density at radius 1 is 1.00 bits per heavy atom. The van der Waals surface area contributed by atoms with Crippen molar-refractivity contribution in [2.24, 2.45) is 0 Å². The lowest BCUT2D eigenvalue weighted by molar-refractivity contribution is 0.324. The number of rotatable bonds is 6. The lowest BCUT2D eigenvalue weighted by atomic mass is 10.2. The van der Waals surface area contributed by atoms with Gasteiger partial charge in [0.1, 0.15) is 5.82 Å². The topological polar surface area (TPSA) is 51.8 Å². The molecule has 2 aromatic carbocycles. The van der Waals surface area contributed by atoms with Crippen LogP contribution in [0.1, 0.15) is 5.56 Å². The third-order valence-electron chi connectivity index (χ3n) is 3.29. The van der Waals surface area contributed by atoms with Crippen molar-refractivity contribution < 1.29 is 18.6 Å². The van der Waals surface area contributed by atoms with Gasteiger partial charge in [0.15, 0.2) is 16.6 Å². The molecule has 0 aliphatic heterocycles. The van der Waals surface area contributed by atoms with Crippen molar-refractivity contribution >= 4 is 23.0 Å². The molecule has 5 nitrogen and oxygen atoms in total. The number of nitrogens with one attached hydrogen (secondary N) is 2. The van der Waals surface area contributed by atoms with Crippen molar-refractivity contribution in [3.63, 3.8) is 0 Å². The van der Waals surface area contributed by atoms with E-state index in [0.29, 0.717) is 34.6 Å².